The number of nitrogens with zero attached hydrogens (tertiary/aromatic N) is 1. The van der Waals surface area contributed by atoms with Gasteiger partial charge in [-0.25, -0.2) is 0 Å². The molecule has 0 spiro atoms. The maximum absolute atomic E-state index is 12.8. The summed E-state index contributed by atoms with van der Waals surface area (Å²) in [5.74, 6) is 1.56. The number of rotatable bonds is 5. The molecule has 126 valence electrons. The number of amides is 1. The third kappa shape index (κ3) is 2.95. The number of hydrogen-bond donors (Lipinski definition) is 2. The zero-order valence-corrected chi connectivity index (χ0v) is 14.6. The standard InChI is InChI=1S/C19H22ClN3O/c1-2-14(16-7-5-12-9-13(20)6-8-15(12)16)19(24)21-18-10-17(22-23-18)11-3-4-11/h6,8-11,14,16H,2-5,7H2,1H3,(H2,21,22,23,24). The van der Waals surface area contributed by atoms with Crippen LogP contribution in [0.25, 0.3) is 0 Å². The van der Waals surface area contributed by atoms with E-state index in [1.54, 1.807) is 0 Å². The summed E-state index contributed by atoms with van der Waals surface area (Å²) in [4.78, 5) is 12.8. The lowest BCUT2D eigenvalue weighted by molar-refractivity contribution is -0.120. The van der Waals surface area contributed by atoms with Crippen LogP contribution in [0, 0.1) is 5.92 Å². The van der Waals surface area contributed by atoms with Gasteiger partial charge in [0.25, 0.3) is 0 Å². The van der Waals surface area contributed by atoms with E-state index in [0.717, 1.165) is 30.0 Å². The quantitative estimate of drug-likeness (QED) is 0.831. The Labute approximate surface area is 147 Å². The van der Waals surface area contributed by atoms with Crippen molar-refractivity contribution in [2.24, 2.45) is 5.92 Å². The van der Waals surface area contributed by atoms with E-state index < -0.39 is 0 Å². The minimum Gasteiger partial charge on any atom is -0.309 e. The Kier molecular flexibility index (Phi) is 4.09. The molecule has 0 radical (unpaired) electrons. The van der Waals surface area contributed by atoms with Crippen LogP contribution in [0.2, 0.25) is 5.02 Å². The molecule has 4 rings (SSSR count). The maximum Gasteiger partial charge on any atom is 0.229 e. The maximum atomic E-state index is 12.8. The summed E-state index contributed by atoms with van der Waals surface area (Å²) in [5.41, 5.74) is 3.70. The van der Waals surface area contributed by atoms with Crippen LogP contribution in [-0.4, -0.2) is 16.1 Å². The second kappa shape index (κ2) is 6.25. The molecule has 2 unspecified atom stereocenters. The summed E-state index contributed by atoms with van der Waals surface area (Å²) < 4.78 is 0. The normalized spacial score (nSPS) is 20.7. The van der Waals surface area contributed by atoms with Crippen molar-refractivity contribution in [3.63, 3.8) is 0 Å². The number of carbonyl (C=O) groups excluding carboxylic acids is 1. The van der Waals surface area contributed by atoms with E-state index in [1.165, 1.54) is 24.0 Å². The number of carbonyl (C=O) groups is 1. The Balaban J connectivity index is 1.50. The molecule has 2 aliphatic carbocycles. The van der Waals surface area contributed by atoms with E-state index in [9.17, 15) is 4.79 Å². The number of anilines is 1. The van der Waals surface area contributed by atoms with Gasteiger partial charge in [-0.3, -0.25) is 9.89 Å². The second-order valence-electron chi connectivity index (χ2n) is 6.98. The zero-order valence-electron chi connectivity index (χ0n) is 13.8. The number of aryl methyl sites for hydroxylation is 1. The van der Waals surface area contributed by atoms with Gasteiger partial charge in [-0.15, -0.1) is 0 Å². The predicted molar refractivity (Wildman–Crippen MR) is 95.5 cm³/mol. The first-order valence-electron chi connectivity index (χ1n) is 8.80. The van der Waals surface area contributed by atoms with Crippen molar-refractivity contribution in [2.75, 3.05) is 5.32 Å². The van der Waals surface area contributed by atoms with E-state index in [2.05, 4.69) is 28.5 Å². The average molecular weight is 344 g/mol. The molecule has 0 bridgehead atoms. The highest BCUT2D eigenvalue weighted by molar-refractivity contribution is 6.30. The van der Waals surface area contributed by atoms with Crippen LogP contribution in [0.5, 0.6) is 0 Å². The molecule has 0 aliphatic heterocycles. The van der Waals surface area contributed by atoms with Crippen LogP contribution in [0.3, 0.4) is 0 Å². The van der Waals surface area contributed by atoms with Gasteiger partial charge < -0.3 is 5.32 Å². The van der Waals surface area contributed by atoms with Crippen molar-refractivity contribution in [3.8, 4) is 0 Å². The molecule has 1 heterocycles. The molecule has 2 aliphatic rings. The lowest BCUT2D eigenvalue weighted by Gasteiger charge is -2.22. The molecule has 2 atom stereocenters. The number of aromatic nitrogens is 2. The number of benzene rings is 1. The van der Waals surface area contributed by atoms with Crippen LogP contribution >= 0.6 is 11.6 Å². The third-order valence-electron chi connectivity index (χ3n) is 5.36. The molecule has 1 fully saturated rings. The monoisotopic (exact) mass is 343 g/mol. The van der Waals surface area contributed by atoms with Crippen molar-refractivity contribution in [3.05, 3.63) is 46.1 Å². The highest BCUT2D eigenvalue weighted by Gasteiger charge is 2.33. The van der Waals surface area contributed by atoms with Gasteiger partial charge in [-0.05, 0) is 61.3 Å². The molecule has 1 aromatic heterocycles. The highest BCUT2D eigenvalue weighted by Crippen LogP contribution is 2.42. The number of nitrogens with one attached hydrogen (secondary N) is 2. The van der Waals surface area contributed by atoms with Gasteiger partial charge >= 0.3 is 0 Å². The molecule has 0 saturated heterocycles. The molecule has 1 amide bonds. The van der Waals surface area contributed by atoms with E-state index in [4.69, 9.17) is 11.6 Å². The number of H-pyrrole nitrogens is 1. The zero-order chi connectivity index (χ0) is 16.7. The topological polar surface area (TPSA) is 57.8 Å². The summed E-state index contributed by atoms with van der Waals surface area (Å²) in [5, 5.41) is 11.1. The summed E-state index contributed by atoms with van der Waals surface area (Å²) in [6.07, 6.45) is 5.26. The minimum atomic E-state index is -0.0338. The molecule has 1 aromatic carbocycles. The summed E-state index contributed by atoms with van der Waals surface area (Å²) >= 11 is 6.10. The molecular weight excluding hydrogens is 322 g/mol. The smallest absolute Gasteiger partial charge is 0.229 e. The third-order valence-corrected chi connectivity index (χ3v) is 5.59. The van der Waals surface area contributed by atoms with Crippen LogP contribution in [0.15, 0.2) is 24.3 Å². The minimum absolute atomic E-state index is 0.0338. The SMILES string of the molecule is CCC(C(=O)Nc1cc(C2CC2)[nH]n1)C1CCc2cc(Cl)ccc21. The van der Waals surface area contributed by atoms with E-state index in [0.29, 0.717) is 11.7 Å². The van der Waals surface area contributed by atoms with Gasteiger partial charge in [0.15, 0.2) is 5.82 Å². The average Bonchev–Trinajstić information content (AvgIpc) is 3.19. The molecular formula is C19H22ClN3O. The molecule has 5 heteroatoms. The fourth-order valence-electron chi connectivity index (χ4n) is 3.91. The number of aromatic amines is 1. The molecule has 2 N–H and O–H groups in total. The van der Waals surface area contributed by atoms with Gasteiger partial charge in [0, 0.05) is 28.6 Å². The van der Waals surface area contributed by atoms with Crippen molar-refractivity contribution < 1.29 is 4.79 Å². The van der Waals surface area contributed by atoms with Gasteiger partial charge in [-0.1, -0.05) is 24.6 Å². The van der Waals surface area contributed by atoms with Crippen LogP contribution in [0.4, 0.5) is 5.82 Å². The predicted octanol–water partition coefficient (Wildman–Crippen LogP) is 4.64. The van der Waals surface area contributed by atoms with E-state index in [1.807, 2.05) is 18.2 Å². The fraction of sp³-hybridized carbons (Fsp3) is 0.474. The lowest BCUT2D eigenvalue weighted by Crippen LogP contribution is -2.27. The first-order valence-corrected chi connectivity index (χ1v) is 9.18. The Morgan fingerprint density at radius 1 is 1.38 bits per heavy atom. The Hall–Kier alpha value is -1.81. The van der Waals surface area contributed by atoms with Crippen molar-refractivity contribution in [1.29, 1.82) is 0 Å². The van der Waals surface area contributed by atoms with E-state index in [-0.39, 0.29) is 17.7 Å². The Morgan fingerprint density at radius 3 is 2.96 bits per heavy atom. The van der Waals surface area contributed by atoms with Crippen LogP contribution in [-0.2, 0) is 11.2 Å². The van der Waals surface area contributed by atoms with E-state index >= 15 is 0 Å². The largest absolute Gasteiger partial charge is 0.309 e. The Morgan fingerprint density at radius 2 is 2.21 bits per heavy atom. The first-order chi connectivity index (χ1) is 11.7. The lowest BCUT2D eigenvalue weighted by atomic mass is 9.85. The van der Waals surface area contributed by atoms with Crippen molar-refractivity contribution >= 4 is 23.3 Å². The molecule has 4 nitrogen and oxygen atoms in total. The summed E-state index contributed by atoms with van der Waals surface area (Å²) in [6, 6.07) is 8.03. The summed E-state index contributed by atoms with van der Waals surface area (Å²) in [6.45, 7) is 2.08. The van der Waals surface area contributed by atoms with Crippen LogP contribution in [0.1, 0.15) is 61.3 Å². The number of hydrogen-bond acceptors (Lipinski definition) is 2. The Bertz CT molecular complexity index is 766. The molecule has 1 saturated carbocycles. The number of fused-ring (bicyclic) bond motifs is 1. The van der Waals surface area contributed by atoms with Crippen LogP contribution < -0.4 is 5.32 Å². The van der Waals surface area contributed by atoms with Crippen molar-refractivity contribution in [2.45, 2.75) is 50.9 Å². The summed E-state index contributed by atoms with van der Waals surface area (Å²) in [7, 11) is 0. The van der Waals surface area contributed by atoms with Gasteiger partial charge in [-0.2, -0.15) is 5.10 Å². The fourth-order valence-corrected chi connectivity index (χ4v) is 4.11. The first kappa shape index (κ1) is 15.7. The van der Waals surface area contributed by atoms with Gasteiger partial charge in [0.1, 0.15) is 0 Å². The van der Waals surface area contributed by atoms with Gasteiger partial charge in [0.05, 0.1) is 0 Å². The highest BCUT2D eigenvalue weighted by atomic mass is 35.5. The number of halogens is 1. The van der Waals surface area contributed by atoms with Crippen molar-refractivity contribution in [1.82, 2.24) is 10.2 Å². The molecule has 24 heavy (non-hydrogen) atoms. The molecule has 2 aromatic rings. The second-order valence-corrected chi connectivity index (χ2v) is 7.41. The van der Waals surface area contributed by atoms with Gasteiger partial charge in [0.2, 0.25) is 5.91 Å².